The monoisotopic (exact) mass is 318 g/mol. The van der Waals surface area contributed by atoms with E-state index in [1.807, 2.05) is 19.4 Å². The maximum Gasteiger partial charge on any atom is 0.147 e. The Morgan fingerprint density at radius 1 is 0.917 bits per heavy atom. The maximum atomic E-state index is 4.76. The van der Waals surface area contributed by atoms with Crippen molar-refractivity contribution >= 4 is 5.82 Å². The van der Waals surface area contributed by atoms with E-state index in [4.69, 9.17) is 4.98 Å². The topological polar surface area (TPSA) is 41.9 Å². The number of aryl methyl sites for hydroxylation is 2. The molecule has 122 valence electrons. The Bertz CT molecular complexity index is 812. The zero-order chi connectivity index (χ0) is 16.9. The second-order valence-electron chi connectivity index (χ2n) is 6.04. The van der Waals surface area contributed by atoms with Gasteiger partial charge in [-0.2, -0.15) is 0 Å². The lowest BCUT2D eigenvalue weighted by Crippen LogP contribution is -2.18. The second kappa shape index (κ2) is 7.21. The molecule has 3 aromatic rings. The van der Waals surface area contributed by atoms with Crippen LogP contribution < -0.4 is 4.90 Å². The van der Waals surface area contributed by atoms with Crippen LogP contribution in [0.1, 0.15) is 23.6 Å². The highest BCUT2D eigenvalue weighted by Crippen LogP contribution is 2.20. The van der Waals surface area contributed by atoms with E-state index in [-0.39, 0.29) is 0 Å². The van der Waals surface area contributed by atoms with E-state index in [9.17, 15) is 0 Å². The summed E-state index contributed by atoms with van der Waals surface area (Å²) in [5.74, 6) is 0.856. The van der Waals surface area contributed by atoms with Crippen molar-refractivity contribution in [3.63, 3.8) is 0 Å². The van der Waals surface area contributed by atoms with Gasteiger partial charge in [0.25, 0.3) is 0 Å². The molecule has 4 heteroatoms. The predicted molar refractivity (Wildman–Crippen MR) is 97.9 cm³/mol. The van der Waals surface area contributed by atoms with Crippen LogP contribution in [0, 0.1) is 6.92 Å². The van der Waals surface area contributed by atoms with Crippen molar-refractivity contribution in [2.45, 2.75) is 26.8 Å². The molecule has 0 fully saturated rings. The van der Waals surface area contributed by atoms with Gasteiger partial charge in [-0.1, -0.05) is 36.8 Å². The molecular weight excluding hydrogens is 296 g/mol. The predicted octanol–water partition coefficient (Wildman–Crippen LogP) is 4.05. The smallest absolute Gasteiger partial charge is 0.147 e. The van der Waals surface area contributed by atoms with Gasteiger partial charge in [-0.3, -0.25) is 9.97 Å². The number of nitrogens with zero attached hydrogens (tertiary/aromatic N) is 4. The van der Waals surface area contributed by atoms with Gasteiger partial charge in [-0.15, -0.1) is 0 Å². The quantitative estimate of drug-likeness (QED) is 0.712. The molecule has 0 saturated heterocycles. The molecule has 0 aliphatic heterocycles. The molecule has 0 radical (unpaired) electrons. The summed E-state index contributed by atoms with van der Waals surface area (Å²) >= 11 is 0. The molecule has 2 aromatic heterocycles. The first kappa shape index (κ1) is 16.1. The lowest BCUT2D eigenvalue weighted by molar-refractivity contribution is 0.890. The molecule has 0 N–H and O–H groups in total. The average molecular weight is 318 g/mol. The molecular formula is C20H22N4. The Morgan fingerprint density at radius 3 is 2.42 bits per heavy atom. The van der Waals surface area contributed by atoms with Crippen LogP contribution in [0.5, 0.6) is 0 Å². The number of hydrogen-bond donors (Lipinski definition) is 0. The highest BCUT2D eigenvalue weighted by atomic mass is 15.2. The third-order valence-electron chi connectivity index (χ3n) is 4.05. The number of anilines is 1. The zero-order valence-electron chi connectivity index (χ0n) is 14.4. The Kier molecular flexibility index (Phi) is 4.85. The number of rotatable bonds is 5. The van der Waals surface area contributed by atoms with Gasteiger partial charge in [0.05, 0.1) is 18.1 Å². The molecule has 0 atom stereocenters. The average Bonchev–Trinajstić information content (AvgIpc) is 2.64. The van der Waals surface area contributed by atoms with Crippen molar-refractivity contribution in [2.24, 2.45) is 0 Å². The molecule has 0 aliphatic rings. The molecule has 0 spiro atoms. The van der Waals surface area contributed by atoms with Crippen LogP contribution in [0.2, 0.25) is 0 Å². The number of aromatic nitrogens is 3. The van der Waals surface area contributed by atoms with Gasteiger partial charge >= 0.3 is 0 Å². The van der Waals surface area contributed by atoms with Gasteiger partial charge in [0, 0.05) is 31.5 Å². The molecule has 0 aliphatic carbocycles. The lowest BCUT2D eigenvalue weighted by atomic mass is 10.1. The summed E-state index contributed by atoms with van der Waals surface area (Å²) in [7, 11) is 2.04. The van der Waals surface area contributed by atoms with Crippen molar-refractivity contribution in [3.05, 3.63) is 71.8 Å². The molecule has 1 aromatic carbocycles. The first-order chi connectivity index (χ1) is 11.7. The summed E-state index contributed by atoms with van der Waals surface area (Å²) in [4.78, 5) is 15.5. The highest BCUT2D eigenvalue weighted by Gasteiger charge is 2.08. The minimum Gasteiger partial charge on any atom is -0.354 e. The molecule has 4 nitrogen and oxygen atoms in total. The van der Waals surface area contributed by atoms with E-state index < -0.39 is 0 Å². The van der Waals surface area contributed by atoms with Gasteiger partial charge in [0.2, 0.25) is 0 Å². The zero-order valence-corrected chi connectivity index (χ0v) is 14.4. The lowest BCUT2D eigenvalue weighted by Gasteiger charge is -2.18. The fourth-order valence-corrected chi connectivity index (χ4v) is 2.55. The van der Waals surface area contributed by atoms with Crippen LogP contribution in [0.4, 0.5) is 5.82 Å². The summed E-state index contributed by atoms with van der Waals surface area (Å²) in [5, 5.41) is 0. The molecule has 2 heterocycles. The first-order valence-electron chi connectivity index (χ1n) is 8.18. The van der Waals surface area contributed by atoms with Gasteiger partial charge in [0.1, 0.15) is 5.82 Å². The minimum absolute atomic E-state index is 0.797. The standard InChI is InChI=1S/C20H22N4/c1-4-16-9-18(11-21-10-16)19-12-22-13-20(23-19)24(3)14-17-7-5-15(2)6-8-17/h5-13H,4,14H2,1-3H3. The Balaban J connectivity index is 1.82. The summed E-state index contributed by atoms with van der Waals surface area (Å²) in [6.45, 7) is 5.02. The van der Waals surface area contributed by atoms with Crippen LogP contribution in [-0.4, -0.2) is 22.0 Å². The van der Waals surface area contributed by atoms with Crippen LogP contribution in [0.15, 0.2) is 55.1 Å². The van der Waals surface area contributed by atoms with Crippen LogP contribution in [0.3, 0.4) is 0 Å². The summed E-state index contributed by atoms with van der Waals surface area (Å²) < 4.78 is 0. The van der Waals surface area contributed by atoms with E-state index >= 15 is 0 Å². The van der Waals surface area contributed by atoms with E-state index in [0.29, 0.717) is 0 Å². The van der Waals surface area contributed by atoms with E-state index in [1.54, 1.807) is 12.4 Å². The fourth-order valence-electron chi connectivity index (χ4n) is 2.55. The van der Waals surface area contributed by atoms with E-state index in [1.165, 1.54) is 16.7 Å². The third-order valence-corrected chi connectivity index (χ3v) is 4.05. The first-order valence-corrected chi connectivity index (χ1v) is 8.18. The largest absolute Gasteiger partial charge is 0.354 e. The molecule has 0 bridgehead atoms. The summed E-state index contributed by atoms with van der Waals surface area (Å²) in [6.07, 6.45) is 8.28. The SMILES string of the molecule is CCc1cncc(-c2cncc(N(C)Cc3ccc(C)cc3)n2)c1. The molecule has 0 unspecified atom stereocenters. The highest BCUT2D eigenvalue weighted by molar-refractivity contribution is 5.59. The number of benzene rings is 1. The van der Waals surface area contributed by atoms with Crippen LogP contribution in [0.25, 0.3) is 11.3 Å². The molecule has 3 rings (SSSR count). The van der Waals surface area contributed by atoms with Crippen molar-refractivity contribution in [1.29, 1.82) is 0 Å². The fraction of sp³-hybridized carbons (Fsp3) is 0.250. The Hall–Kier alpha value is -2.75. The minimum atomic E-state index is 0.797. The van der Waals surface area contributed by atoms with Gasteiger partial charge in [0.15, 0.2) is 0 Å². The second-order valence-corrected chi connectivity index (χ2v) is 6.04. The normalized spacial score (nSPS) is 10.6. The van der Waals surface area contributed by atoms with Gasteiger partial charge in [-0.25, -0.2) is 4.98 Å². The summed E-state index contributed by atoms with van der Waals surface area (Å²) in [6, 6.07) is 10.7. The molecule has 0 amide bonds. The number of pyridine rings is 1. The molecule has 0 saturated carbocycles. The summed E-state index contributed by atoms with van der Waals surface area (Å²) in [5.41, 5.74) is 5.59. The Morgan fingerprint density at radius 2 is 1.67 bits per heavy atom. The third kappa shape index (κ3) is 3.77. The van der Waals surface area contributed by atoms with Crippen LogP contribution >= 0.6 is 0 Å². The number of hydrogen-bond acceptors (Lipinski definition) is 4. The maximum absolute atomic E-state index is 4.76. The Labute approximate surface area is 143 Å². The van der Waals surface area contributed by atoms with Crippen molar-refractivity contribution in [2.75, 3.05) is 11.9 Å². The van der Waals surface area contributed by atoms with Gasteiger partial charge in [-0.05, 0) is 30.5 Å². The van der Waals surface area contributed by atoms with Crippen LogP contribution in [-0.2, 0) is 13.0 Å². The van der Waals surface area contributed by atoms with Gasteiger partial charge < -0.3 is 4.90 Å². The van der Waals surface area contributed by atoms with E-state index in [2.05, 4.69) is 59.0 Å². The van der Waals surface area contributed by atoms with Crippen molar-refractivity contribution < 1.29 is 0 Å². The van der Waals surface area contributed by atoms with Crippen molar-refractivity contribution in [3.8, 4) is 11.3 Å². The molecule has 24 heavy (non-hydrogen) atoms. The van der Waals surface area contributed by atoms with E-state index in [0.717, 1.165) is 30.0 Å². The van der Waals surface area contributed by atoms with Crippen molar-refractivity contribution in [1.82, 2.24) is 15.0 Å².